The van der Waals surface area contributed by atoms with Crippen LogP contribution in [0.3, 0.4) is 0 Å². The van der Waals surface area contributed by atoms with Crippen LogP contribution in [0.4, 0.5) is 5.69 Å². The second-order valence-electron chi connectivity index (χ2n) is 6.79. The molecule has 0 radical (unpaired) electrons. The summed E-state index contributed by atoms with van der Waals surface area (Å²) in [6.07, 6.45) is 4.44. The molecule has 1 fully saturated rings. The van der Waals surface area contributed by atoms with Crippen molar-refractivity contribution in [2.75, 3.05) is 19.0 Å². The number of carbonyl (C=O) groups excluding carboxylic acids is 2. The molecule has 2 amide bonds. The highest BCUT2D eigenvalue weighted by Gasteiger charge is 2.41. The maximum atomic E-state index is 12.3. The molecule has 5 nitrogen and oxygen atoms in total. The number of amides is 2. The van der Waals surface area contributed by atoms with Gasteiger partial charge in [0.25, 0.3) is 0 Å². The van der Waals surface area contributed by atoms with Crippen LogP contribution in [0.2, 0.25) is 0 Å². The van der Waals surface area contributed by atoms with Gasteiger partial charge in [0.15, 0.2) is 0 Å². The van der Waals surface area contributed by atoms with Gasteiger partial charge in [0.2, 0.25) is 11.8 Å². The third kappa shape index (κ3) is 2.18. The molecular weight excluding hydrogens is 290 g/mol. The molecule has 2 heterocycles. The van der Waals surface area contributed by atoms with E-state index in [1.807, 2.05) is 19.2 Å². The minimum absolute atomic E-state index is 0.0905. The number of nitrogens with zero attached hydrogens (tertiary/aromatic N) is 3. The summed E-state index contributed by atoms with van der Waals surface area (Å²) >= 11 is 0. The van der Waals surface area contributed by atoms with Crippen molar-refractivity contribution in [1.29, 1.82) is 0 Å². The standard InChI is InChI=1S/C18H21N3O2/c1-20-15-8-6-12(10-11(15)7-9-16(20)22)17-13-4-3-5-14(13)18(23)21(2)19-17/h6,8,10,13-14H,3-5,7,9H2,1-2H3. The molecule has 1 aromatic carbocycles. The number of fused-ring (bicyclic) bond motifs is 2. The molecule has 3 aliphatic rings. The first kappa shape index (κ1) is 14.4. The van der Waals surface area contributed by atoms with E-state index in [9.17, 15) is 9.59 Å². The quantitative estimate of drug-likeness (QED) is 0.798. The van der Waals surface area contributed by atoms with Gasteiger partial charge in [0.05, 0.1) is 5.71 Å². The van der Waals surface area contributed by atoms with Crippen LogP contribution < -0.4 is 4.90 Å². The van der Waals surface area contributed by atoms with Crippen LogP contribution in [0.15, 0.2) is 23.3 Å². The lowest BCUT2D eigenvalue weighted by atomic mass is 9.84. The van der Waals surface area contributed by atoms with Gasteiger partial charge >= 0.3 is 0 Å². The number of hydrazone groups is 1. The molecule has 2 aliphatic heterocycles. The van der Waals surface area contributed by atoms with E-state index in [1.165, 1.54) is 10.6 Å². The second kappa shape index (κ2) is 5.18. The third-order valence-corrected chi connectivity index (χ3v) is 5.48. The van der Waals surface area contributed by atoms with E-state index >= 15 is 0 Å². The van der Waals surface area contributed by atoms with Gasteiger partial charge in [0.1, 0.15) is 0 Å². The fraction of sp³-hybridized carbons (Fsp3) is 0.500. The molecule has 2 unspecified atom stereocenters. The Kier molecular flexibility index (Phi) is 3.25. The molecule has 0 aromatic heterocycles. The number of rotatable bonds is 1. The summed E-state index contributed by atoms with van der Waals surface area (Å²) in [4.78, 5) is 25.8. The van der Waals surface area contributed by atoms with Crippen molar-refractivity contribution in [2.45, 2.75) is 32.1 Å². The van der Waals surface area contributed by atoms with E-state index in [2.05, 4.69) is 11.2 Å². The molecule has 1 aliphatic carbocycles. The first-order valence-electron chi connectivity index (χ1n) is 8.32. The number of benzene rings is 1. The largest absolute Gasteiger partial charge is 0.315 e. The van der Waals surface area contributed by atoms with E-state index in [1.54, 1.807) is 11.9 Å². The monoisotopic (exact) mass is 311 g/mol. The Morgan fingerprint density at radius 1 is 1.09 bits per heavy atom. The average molecular weight is 311 g/mol. The van der Waals surface area contributed by atoms with E-state index in [-0.39, 0.29) is 23.7 Å². The Morgan fingerprint density at radius 3 is 2.70 bits per heavy atom. The average Bonchev–Trinajstić information content (AvgIpc) is 3.04. The number of hydrogen-bond acceptors (Lipinski definition) is 3. The molecule has 4 rings (SSSR count). The van der Waals surface area contributed by atoms with Crippen molar-refractivity contribution in [3.8, 4) is 0 Å². The van der Waals surface area contributed by atoms with Crippen LogP contribution in [0.25, 0.3) is 0 Å². The Balaban J connectivity index is 1.75. The van der Waals surface area contributed by atoms with Gasteiger partial charge in [-0.1, -0.05) is 12.5 Å². The zero-order chi connectivity index (χ0) is 16.1. The fourth-order valence-electron chi connectivity index (χ4n) is 4.20. The summed E-state index contributed by atoms with van der Waals surface area (Å²) in [6, 6.07) is 6.23. The minimum atomic E-state index is 0.0905. The first-order chi connectivity index (χ1) is 11.1. The van der Waals surface area contributed by atoms with Gasteiger partial charge in [-0.05, 0) is 42.5 Å². The molecule has 0 bridgehead atoms. The molecule has 1 saturated carbocycles. The van der Waals surface area contributed by atoms with Crippen LogP contribution in [-0.4, -0.2) is 36.6 Å². The summed E-state index contributed by atoms with van der Waals surface area (Å²) in [7, 11) is 3.58. The van der Waals surface area contributed by atoms with Crippen LogP contribution in [0.1, 0.15) is 36.8 Å². The number of carbonyl (C=O) groups is 2. The summed E-state index contributed by atoms with van der Waals surface area (Å²) in [6.45, 7) is 0. The lowest BCUT2D eigenvalue weighted by molar-refractivity contribution is -0.135. The van der Waals surface area contributed by atoms with Crippen molar-refractivity contribution in [2.24, 2.45) is 16.9 Å². The second-order valence-corrected chi connectivity index (χ2v) is 6.79. The Hall–Kier alpha value is -2.17. The molecule has 0 N–H and O–H groups in total. The van der Waals surface area contributed by atoms with E-state index in [4.69, 9.17) is 0 Å². The normalized spacial score (nSPS) is 27.0. The Morgan fingerprint density at radius 2 is 1.87 bits per heavy atom. The number of aryl methyl sites for hydroxylation is 1. The highest BCUT2D eigenvalue weighted by molar-refractivity contribution is 6.07. The van der Waals surface area contributed by atoms with E-state index in [0.29, 0.717) is 6.42 Å². The van der Waals surface area contributed by atoms with Gasteiger partial charge in [-0.15, -0.1) is 0 Å². The predicted octanol–water partition coefficient (Wildman–Crippen LogP) is 2.19. The highest BCUT2D eigenvalue weighted by Crippen LogP contribution is 2.39. The van der Waals surface area contributed by atoms with Crippen molar-refractivity contribution < 1.29 is 9.59 Å². The lowest BCUT2D eigenvalue weighted by Crippen LogP contribution is -2.40. The first-order valence-corrected chi connectivity index (χ1v) is 8.32. The Labute approximate surface area is 136 Å². The molecular formula is C18H21N3O2. The molecule has 120 valence electrons. The van der Waals surface area contributed by atoms with Gasteiger partial charge < -0.3 is 4.90 Å². The maximum Gasteiger partial charge on any atom is 0.246 e. The van der Waals surface area contributed by atoms with Crippen LogP contribution in [0.5, 0.6) is 0 Å². The van der Waals surface area contributed by atoms with Crippen molar-refractivity contribution >= 4 is 23.2 Å². The number of hydrogen-bond donors (Lipinski definition) is 0. The topological polar surface area (TPSA) is 53.0 Å². The molecule has 0 spiro atoms. The van der Waals surface area contributed by atoms with Crippen molar-refractivity contribution in [3.05, 3.63) is 29.3 Å². The van der Waals surface area contributed by atoms with Gasteiger partial charge in [0, 0.05) is 38.0 Å². The zero-order valence-corrected chi connectivity index (χ0v) is 13.6. The molecule has 5 heteroatoms. The number of anilines is 1. The lowest BCUT2D eigenvalue weighted by Gasteiger charge is -2.31. The molecule has 1 aromatic rings. The van der Waals surface area contributed by atoms with Crippen molar-refractivity contribution in [1.82, 2.24) is 5.01 Å². The zero-order valence-electron chi connectivity index (χ0n) is 13.6. The highest BCUT2D eigenvalue weighted by atomic mass is 16.2. The summed E-state index contributed by atoms with van der Waals surface area (Å²) in [5.74, 6) is 0.661. The smallest absolute Gasteiger partial charge is 0.246 e. The Bertz CT molecular complexity index is 725. The van der Waals surface area contributed by atoms with E-state index in [0.717, 1.165) is 42.6 Å². The van der Waals surface area contributed by atoms with E-state index < -0.39 is 0 Å². The van der Waals surface area contributed by atoms with Crippen LogP contribution >= 0.6 is 0 Å². The summed E-state index contributed by atoms with van der Waals surface area (Å²) < 4.78 is 0. The van der Waals surface area contributed by atoms with Crippen LogP contribution in [-0.2, 0) is 16.0 Å². The summed E-state index contributed by atoms with van der Waals surface area (Å²) in [5, 5.41) is 6.09. The maximum absolute atomic E-state index is 12.3. The summed E-state index contributed by atoms with van der Waals surface area (Å²) in [5.41, 5.74) is 4.33. The predicted molar refractivity (Wildman–Crippen MR) is 88.3 cm³/mol. The molecule has 23 heavy (non-hydrogen) atoms. The molecule has 0 saturated heterocycles. The van der Waals surface area contributed by atoms with Gasteiger partial charge in [-0.3, -0.25) is 9.59 Å². The van der Waals surface area contributed by atoms with Gasteiger partial charge in [-0.2, -0.15) is 5.10 Å². The minimum Gasteiger partial charge on any atom is -0.315 e. The third-order valence-electron chi connectivity index (χ3n) is 5.48. The van der Waals surface area contributed by atoms with Crippen molar-refractivity contribution in [3.63, 3.8) is 0 Å². The molecule has 2 atom stereocenters. The SMILES string of the molecule is CN1N=C(c2ccc3c(c2)CCC(=O)N3C)C2CCCC2C1=O. The van der Waals surface area contributed by atoms with Gasteiger partial charge in [-0.25, -0.2) is 5.01 Å². The fourth-order valence-corrected chi connectivity index (χ4v) is 4.20. The van der Waals surface area contributed by atoms with Crippen LogP contribution in [0, 0.1) is 11.8 Å².